The largest absolute Gasteiger partial charge is 0.246 e. The van der Waals surface area contributed by atoms with Crippen molar-refractivity contribution in [3.8, 4) is 11.1 Å². The summed E-state index contributed by atoms with van der Waals surface area (Å²) in [6.07, 6.45) is 0. The highest BCUT2D eigenvalue weighted by atomic mass is 32.1. The van der Waals surface area contributed by atoms with Gasteiger partial charge in [-0.25, -0.2) is 9.37 Å². The molecule has 106 valence electrons. The second-order valence-electron chi connectivity index (χ2n) is 5.12. The van der Waals surface area contributed by atoms with Crippen LogP contribution in [0.1, 0.15) is 29.1 Å². The molecular formula is C18H16FNS. The molecule has 0 bridgehead atoms. The molecule has 0 amide bonds. The van der Waals surface area contributed by atoms with Gasteiger partial charge in [-0.3, -0.25) is 0 Å². The van der Waals surface area contributed by atoms with Gasteiger partial charge in [-0.15, -0.1) is 11.3 Å². The van der Waals surface area contributed by atoms with Crippen molar-refractivity contribution in [1.82, 2.24) is 4.98 Å². The number of aryl methyl sites for hydroxylation is 1. The Bertz CT molecular complexity index is 749. The van der Waals surface area contributed by atoms with Crippen LogP contribution in [0.15, 0.2) is 53.9 Å². The molecule has 1 heterocycles. The summed E-state index contributed by atoms with van der Waals surface area (Å²) in [4.78, 5) is 4.49. The molecule has 1 atom stereocenters. The maximum atomic E-state index is 14.4. The van der Waals surface area contributed by atoms with E-state index < -0.39 is 0 Å². The van der Waals surface area contributed by atoms with Crippen molar-refractivity contribution in [1.29, 1.82) is 0 Å². The first kappa shape index (κ1) is 14.0. The van der Waals surface area contributed by atoms with E-state index in [4.69, 9.17) is 0 Å². The summed E-state index contributed by atoms with van der Waals surface area (Å²) < 4.78 is 14.4. The Morgan fingerprint density at radius 2 is 1.86 bits per heavy atom. The number of benzene rings is 2. The normalized spacial score (nSPS) is 12.3. The van der Waals surface area contributed by atoms with Gasteiger partial charge in [-0.1, -0.05) is 49.4 Å². The molecule has 0 fully saturated rings. The quantitative estimate of drug-likeness (QED) is 0.630. The van der Waals surface area contributed by atoms with E-state index >= 15 is 0 Å². The molecule has 1 nitrogen and oxygen atoms in total. The summed E-state index contributed by atoms with van der Waals surface area (Å²) in [6.45, 7) is 4.05. The Balaban J connectivity index is 1.94. The number of hydrogen-bond acceptors (Lipinski definition) is 2. The zero-order valence-corrected chi connectivity index (χ0v) is 12.8. The summed E-state index contributed by atoms with van der Waals surface area (Å²) in [5.74, 6) is -0.0771. The van der Waals surface area contributed by atoms with Crippen molar-refractivity contribution in [3.63, 3.8) is 0 Å². The molecule has 21 heavy (non-hydrogen) atoms. The highest BCUT2D eigenvalue weighted by molar-refractivity contribution is 7.09. The summed E-state index contributed by atoms with van der Waals surface area (Å²) in [6, 6.07) is 15.1. The summed E-state index contributed by atoms with van der Waals surface area (Å²) in [5.41, 5.74) is 3.50. The van der Waals surface area contributed by atoms with Crippen LogP contribution < -0.4 is 0 Å². The topological polar surface area (TPSA) is 12.9 Å². The molecule has 0 radical (unpaired) electrons. The molecular weight excluding hydrogens is 281 g/mol. The first-order chi connectivity index (χ1) is 10.1. The molecule has 3 heteroatoms. The minimum Gasteiger partial charge on any atom is -0.246 e. The van der Waals surface area contributed by atoms with E-state index in [0.29, 0.717) is 5.56 Å². The van der Waals surface area contributed by atoms with Gasteiger partial charge in [-0.2, -0.15) is 0 Å². The van der Waals surface area contributed by atoms with Crippen molar-refractivity contribution >= 4 is 11.3 Å². The Kier molecular flexibility index (Phi) is 3.84. The molecule has 0 aliphatic carbocycles. The van der Waals surface area contributed by atoms with Gasteiger partial charge in [0.15, 0.2) is 0 Å². The van der Waals surface area contributed by atoms with Crippen molar-refractivity contribution in [2.45, 2.75) is 19.8 Å². The Hall–Kier alpha value is -2.00. The number of nitrogens with zero attached hydrogens (tertiary/aromatic N) is 1. The third-order valence-corrected chi connectivity index (χ3v) is 4.45. The van der Waals surface area contributed by atoms with Gasteiger partial charge in [0, 0.05) is 16.9 Å². The van der Waals surface area contributed by atoms with Crippen LogP contribution in [-0.2, 0) is 0 Å². The molecule has 1 aromatic heterocycles. The average molecular weight is 297 g/mol. The summed E-state index contributed by atoms with van der Waals surface area (Å²) in [5, 5.41) is 3.08. The maximum Gasteiger partial charge on any atom is 0.131 e. The van der Waals surface area contributed by atoms with E-state index in [0.717, 1.165) is 21.8 Å². The van der Waals surface area contributed by atoms with Gasteiger partial charge < -0.3 is 0 Å². The van der Waals surface area contributed by atoms with Crippen LogP contribution in [-0.4, -0.2) is 4.98 Å². The predicted octanol–water partition coefficient (Wildman–Crippen LogP) is 5.41. The lowest BCUT2D eigenvalue weighted by Crippen LogP contribution is -1.98. The standard InChI is InChI=1S/C18H16FNS/c1-12(18-11-21-13(2)20-18)15-8-9-16(17(19)10-15)14-6-4-3-5-7-14/h3-12H,1-2H3. The van der Waals surface area contributed by atoms with E-state index in [1.807, 2.05) is 54.8 Å². The number of hydrogen-bond donors (Lipinski definition) is 0. The van der Waals surface area contributed by atoms with Gasteiger partial charge in [0.25, 0.3) is 0 Å². The van der Waals surface area contributed by atoms with Gasteiger partial charge in [-0.05, 0) is 24.1 Å². The van der Waals surface area contributed by atoms with E-state index in [9.17, 15) is 4.39 Å². The third-order valence-electron chi connectivity index (χ3n) is 3.66. The first-order valence-corrected chi connectivity index (χ1v) is 7.80. The van der Waals surface area contributed by atoms with Crippen LogP contribution in [0, 0.1) is 12.7 Å². The van der Waals surface area contributed by atoms with Crippen molar-refractivity contribution in [3.05, 3.63) is 76.0 Å². The Morgan fingerprint density at radius 3 is 2.48 bits per heavy atom. The SMILES string of the molecule is Cc1nc(C(C)c2ccc(-c3ccccc3)c(F)c2)cs1. The van der Waals surface area contributed by atoms with Gasteiger partial charge in [0.05, 0.1) is 10.7 Å². The zero-order valence-electron chi connectivity index (χ0n) is 12.0. The number of thiazole rings is 1. The molecule has 0 saturated carbocycles. The third kappa shape index (κ3) is 2.88. The molecule has 0 aliphatic heterocycles. The second kappa shape index (κ2) is 5.78. The smallest absolute Gasteiger partial charge is 0.131 e. The molecule has 0 saturated heterocycles. The number of rotatable bonds is 3. The van der Waals surface area contributed by atoms with Crippen molar-refractivity contribution in [2.75, 3.05) is 0 Å². The zero-order chi connectivity index (χ0) is 14.8. The molecule has 3 rings (SSSR count). The van der Waals surface area contributed by atoms with E-state index in [-0.39, 0.29) is 11.7 Å². The van der Waals surface area contributed by atoms with Crippen LogP contribution in [0.2, 0.25) is 0 Å². The van der Waals surface area contributed by atoms with Crippen LogP contribution in [0.5, 0.6) is 0 Å². The molecule has 0 N–H and O–H groups in total. The summed E-state index contributed by atoms with van der Waals surface area (Å²) in [7, 11) is 0. The lowest BCUT2D eigenvalue weighted by atomic mass is 9.95. The van der Waals surface area contributed by atoms with Crippen LogP contribution in [0.4, 0.5) is 4.39 Å². The summed E-state index contributed by atoms with van der Waals surface area (Å²) >= 11 is 1.63. The lowest BCUT2D eigenvalue weighted by Gasteiger charge is -2.11. The molecule has 3 aromatic rings. The van der Waals surface area contributed by atoms with Crippen LogP contribution in [0.3, 0.4) is 0 Å². The second-order valence-corrected chi connectivity index (χ2v) is 6.18. The van der Waals surface area contributed by atoms with Gasteiger partial charge in [0.1, 0.15) is 5.82 Å². The molecule has 1 unspecified atom stereocenters. The highest BCUT2D eigenvalue weighted by Crippen LogP contribution is 2.29. The molecule has 2 aromatic carbocycles. The lowest BCUT2D eigenvalue weighted by molar-refractivity contribution is 0.627. The average Bonchev–Trinajstić information content (AvgIpc) is 2.94. The number of halogens is 1. The van der Waals surface area contributed by atoms with E-state index in [1.165, 1.54) is 0 Å². The van der Waals surface area contributed by atoms with Gasteiger partial charge in [0.2, 0.25) is 0 Å². The Morgan fingerprint density at radius 1 is 1.10 bits per heavy atom. The monoisotopic (exact) mass is 297 g/mol. The molecule has 0 aliphatic rings. The van der Waals surface area contributed by atoms with E-state index in [1.54, 1.807) is 17.4 Å². The minimum absolute atomic E-state index is 0.106. The fraction of sp³-hybridized carbons (Fsp3) is 0.167. The van der Waals surface area contributed by atoms with Crippen molar-refractivity contribution in [2.24, 2.45) is 0 Å². The Labute approximate surface area is 128 Å². The van der Waals surface area contributed by atoms with Crippen molar-refractivity contribution < 1.29 is 4.39 Å². The van der Waals surface area contributed by atoms with Crippen LogP contribution in [0.25, 0.3) is 11.1 Å². The maximum absolute atomic E-state index is 14.4. The van der Waals surface area contributed by atoms with E-state index in [2.05, 4.69) is 11.9 Å². The predicted molar refractivity (Wildman–Crippen MR) is 86.2 cm³/mol. The van der Waals surface area contributed by atoms with Gasteiger partial charge >= 0.3 is 0 Å². The fourth-order valence-corrected chi connectivity index (χ4v) is 3.11. The number of aromatic nitrogens is 1. The fourth-order valence-electron chi connectivity index (χ4n) is 2.40. The first-order valence-electron chi connectivity index (χ1n) is 6.92. The van der Waals surface area contributed by atoms with Crippen LogP contribution >= 0.6 is 11.3 Å². The highest BCUT2D eigenvalue weighted by Gasteiger charge is 2.14. The minimum atomic E-state index is -0.183. The molecule has 0 spiro atoms.